The normalized spacial score (nSPS) is 11.0. The molecule has 1 N–H and O–H groups in total. The van der Waals surface area contributed by atoms with Gasteiger partial charge in [0, 0.05) is 31.8 Å². The molecule has 116 valence electrons. The van der Waals surface area contributed by atoms with Gasteiger partial charge in [0.15, 0.2) is 0 Å². The van der Waals surface area contributed by atoms with Gasteiger partial charge in [-0.1, -0.05) is 18.2 Å². The molecule has 1 aromatic rings. The van der Waals surface area contributed by atoms with E-state index in [4.69, 9.17) is 19.3 Å². The topological polar surface area (TPSA) is 65.0 Å². The van der Waals surface area contributed by atoms with E-state index in [1.807, 2.05) is 25.1 Å². The quantitative estimate of drug-likeness (QED) is 0.530. The Morgan fingerprint density at radius 2 is 2.05 bits per heavy atom. The number of benzene rings is 1. The molecule has 0 saturated heterocycles. The van der Waals surface area contributed by atoms with Gasteiger partial charge in [-0.25, -0.2) is 4.79 Å². The molecular formula is C16H22O5. The predicted octanol–water partition coefficient (Wildman–Crippen LogP) is 2.52. The Labute approximate surface area is 125 Å². The first-order chi connectivity index (χ1) is 10.1. The lowest BCUT2D eigenvalue weighted by molar-refractivity contribution is -0.131. The van der Waals surface area contributed by atoms with Crippen LogP contribution < -0.4 is 4.74 Å². The van der Waals surface area contributed by atoms with E-state index in [1.165, 1.54) is 0 Å². The molecule has 0 radical (unpaired) electrons. The van der Waals surface area contributed by atoms with Gasteiger partial charge in [-0.05, 0) is 18.6 Å². The van der Waals surface area contributed by atoms with E-state index in [9.17, 15) is 4.79 Å². The van der Waals surface area contributed by atoms with Crippen LogP contribution in [0.15, 0.2) is 24.3 Å². The van der Waals surface area contributed by atoms with Crippen LogP contribution in [0.3, 0.4) is 0 Å². The molecule has 0 aliphatic heterocycles. The third kappa shape index (κ3) is 6.92. The average Bonchev–Trinajstić information content (AvgIpc) is 2.46. The Balaban J connectivity index is 2.48. The first-order valence-corrected chi connectivity index (χ1v) is 6.85. The van der Waals surface area contributed by atoms with Crippen LogP contribution >= 0.6 is 0 Å². The number of methoxy groups -OCH3 is 1. The monoisotopic (exact) mass is 294 g/mol. The fraction of sp³-hybridized carbons (Fsp3) is 0.438. The highest BCUT2D eigenvalue weighted by atomic mass is 16.5. The Morgan fingerprint density at radius 3 is 2.76 bits per heavy atom. The van der Waals surface area contributed by atoms with Crippen molar-refractivity contribution in [2.24, 2.45) is 0 Å². The van der Waals surface area contributed by atoms with E-state index in [1.54, 1.807) is 13.2 Å². The average molecular weight is 294 g/mol. The highest BCUT2D eigenvalue weighted by Crippen LogP contribution is 2.24. The van der Waals surface area contributed by atoms with Crippen molar-refractivity contribution >= 4 is 12.0 Å². The number of aliphatic carboxylic acids is 1. The molecule has 0 fully saturated rings. The summed E-state index contributed by atoms with van der Waals surface area (Å²) >= 11 is 0. The molecule has 0 aromatic heterocycles. The Morgan fingerprint density at radius 1 is 1.24 bits per heavy atom. The number of ether oxygens (including phenoxy) is 3. The van der Waals surface area contributed by atoms with Gasteiger partial charge in [0.25, 0.3) is 0 Å². The third-order valence-corrected chi connectivity index (χ3v) is 2.76. The second kappa shape index (κ2) is 9.96. The number of para-hydroxylation sites is 1. The van der Waals surface area contributed by atoms with Crippen LogP contribution in [0, 0.1) is 6.92 Å². The van der Waals surface area contributed by atoms with Crippen LogP contribution in [0.1, 0.15) is 17.5 Å². The Hall–Kier alpha value is -1.85. The minimum atomic E-state index is -0.978. The number of carbonyl (C=O) groups is 1. The van der Waals surface area contributed by atoms with Gasteiger partial charge in [0.1, 0.15) is 5.75 Å². The van der Waals surface area contributed by atoms with Crippen molar-refractivity contribution in [3.63, 3.8) is 0 Å². The largest absolute Gasteiger partial charge is 0.493 e. The van der Waals surface area contributed by atoms with Crippen LogP contribution in [-0.2, 0) is 14.3 Å². The van der Waals surface area contributed by atoms with E-state index >= 15 is 0 Å². The molecule has 21 heavy (non-hydrogen) atoms. The highest BCUT2D eigenvalue weighted by Gasteiger charge is 2.05. The van der Waals surface area contributed by atoms with Crippen molar-refractivity contribution in [2.75, 3.05) is 33.5 Å². The molecule has 1 rings (SSSR count). The molecule has 0 spiro atoms. The van der Waals surface area contributed by atoms with Gasteiger partial charge in [0.2, 0.25) is 0 Å². The molecule has 5 heteroatoms. The number of hydrogen-bond donors (Lipinski definition) is 1. The van der Waals surface area contributed by atoms with E-state index in [-0.39, 0.29) is 0 Å². The number of hydrogen-bond acceptors (Lipinski definition) is 4. The fourth-order valence-electron chi connectivity index (χ4n) is 1.74. The molecule has 0 aliphatic rings. The summed E-state index contributed by atoms with van der Waals surface area (Å²) in [7, 11) is 1.64. The lowest BCUT2D eigenvalue weighted by Crippen LogP contribution is -2.07. The Kier molecular flexibility index (Phi) is 8.16. The third-order valence-electron chi connectivity index (χ3n) is 2.76. The lowest BCUT2D eigenvalue weighted by Gasteiger charge is -2.12. The summed E-state index contributed by atoms with van der Waals surface area (Å²) in [4.78, 5) is 10.6. The summed E-state index contributed by atoms with van der Waals surface area (Å²) in [5.41, 5.74) is 1.74. The molecule has 0 heterocycles. The van der Waals surface area contributed by atoms with Crippen molar-refractivity contribution in [1.29, 1.82) is 0 Å². The summed E-state index contributed by atoms with van der Waals surface area (Å²) < 4.78 is 16.0. The van der Waals surface area contributed by atoms with E-state index < -0.39 is 5.97 Å². The second-order valence-electron chi connectivity index (χ2n) is 4.47. The second-order valence-corrected chi connectivity index (χ2v) is 4.47. The van der Waals surface area contributed by atoms with Crippen LogP contribution in [0.25, 0.3) is 6.08 Å². The molecule has 0 unspecified atom stereocenters. The molecule has 0 aliphatic carbocycles. The first-order valence-electron chi connectivity index (χ1n) is 6.85. The van der Waals surface area contributed by atoms with Gasteiger partial charge >= 0.3 is 5.97 Å². The highest BCUT2D eigenvalue weighted by molar-refractivity contribution is 5.86. The number of carboxylic acid groups (broad SMARTS) is 1. The van der Waals surface area contributed by atoms with E-state index in [2.05, 4.69) is 0 Å². The molecule has 0 amide bonds. The zero-order chi connectivity index (χ0) is 15.5. The summed E-state index contributed by atoms with van der Waals surface area (Å²) in [6, 6.07) is 5.64. The van der Waals surface area contributed by atoms with Crippen molar-refractivity contribution in [1.82, 2.24) is 0 Å². The predicted molar refractivity (Wildman–Crippen MR) is 80.7 cm³/mol. The van der Waals surface area contributed by atoms with Crippen molar-refractivity contribution in [3.8, 4) is 5.75 Å². The molecule has 0 bridgehead atoms. The first kappa shape index (κ1) is 17.2. The van der Waals surface area contributed by atoms with Crippen molar-refractivity contribution in [2.45, 2.75) is 13.3 Å². The maximum atomic E-state index is 10.6. The smallest absolute Gasteiger partial charge is 0.328 e. The van der Waals surface area contributed by atoms with Gasteiger partial charge in [-0.15, -0.1) is 0 Å². The molecule has 5 nitrogen and oxygen atoms in total. The van der Waals surface area contributed by atoms with Gasteiger partial charge < -0.3 is 19.3 Å². The molecular weight excluding hydrogens is 272 g/mol. The maximum Gasteiger partial charge on any atom is 0.328 e. The zero-order valence-corrected chi connectivity index (χ0v) is 12.5. The van der Waals surface area contributed by atoms with Crippen LogP contribution in [0.4, 0.5) is 0 Å². The standard InChI is InChI=1S/C16H22O5/c1-13-5-3-6-14(7-8-15(17)18)16(13)21-10-4-9-20-12-11-19-2/h3,5-8H,4,9-12H2,1-2H3,(H,17,18)/b8-7+. The van der Waals surface area contributed by atoms with Gasteiger partial charge in [-0.2, -0.15) is 0 Å². The number of carboxylic acids is 1. The molecule has 0 saturated carbocycles. The van der Waals surface area contributed by atoms with Gasteiger partial charge in [0.05, 0.1) is 19.8 Å². The fourth-order valence-corrected chi connectivity index (χ4v) is 1.74. The number of aryl methyl sites for hydroxylation is 1. The zero-order valence-electron chi connectivity index (χ0n) is 12.5. The summed E-state index contributed by atoms with van der Waals surface area (Å²) in [5.74, 6) is -0.263. The van der Waals surface area contributed by atoms with Crippen molar-refractivity contribution in [3.05, 3.63) is 35.4 Å². The minimum Gasteiger partial charge on any atom is -0.493 e. The summed E-state index contributed by atoms with van der Waals surface area (Å²) in [5, 5.41) is 8.70. The Bertz CT molecular complexity index is 468. The van der Waals surface area contributed by atoms with E-state index in [0.29, 0.717) is 32.2 Å². The van der Waals surface area contributed by atoms with Crippen LogP contribution in [0.5, 0.6) is 5.75 Å². The summed E-state index contributed by atoms with van der Waals surface area (Å²) in [6.07, 6.45) is 3.41. The van der Waals surface area contributed by atoms with Crippen molar-refractivity contribution < 1.29 is 24.1 Å². The maximum absolute atomic E-state index is 10.6. The minimum absolute atomic E-state index is 0.520. The number of rotatable bonds is 10. The summed E-state index contributed by atoms with van der Waals surface area (Å²) in [6.45, 7) is 4.22. The SMILES string of the molecule is COCCOCCCOc1c(C)cccc1/C=C/C(=O)O. The lowest BCUT2D eigenvalue weighted by atomic mass is 10.1. The van der Waals surface area contributed by atoms with Crippen LogP contribution in [0.2, 0.25) is 0 Å². The van der Waals surface area contributed by atoms with E-state index in [0.717, 1.165) is 23.6 Å². The molecule has 0 atom stereocenters. The molecule has 1 aromatic carbocycles. The van der Waals surface area contributed by atoms with Gasteiger partial charge in [-0.3, -0.25) is 0 Å². The van der Waals surface area contributed by atoms with Crippen LogP contribution in [-0.4, -0.2) is 44.6 Å².